The van der Waals surface area contributed by atoms with Gasteiger partial charge in [0.15, 0.2) is 0 Å². The van der Waals surface area contributed by atoms with E-state index in [0.717, 1.165) is 36.1 Å². The summed E-state index contributed by atoms with van der Waals surface area (Å²) < 4.78 is 0. The van der Waals surface area contributed by atoms with Crippen molar-refractivity contribution in [3.8, 4) is 0 Å². The van der Waals surface area contributed by atoms with Crippen LogP contribution in [0.25, 0.3) is 10.9 Å². The van der Waals surface area contributed by atoms with Gasteiger partial charge in [-0.2, -0.15) is 4.98 Å². The summed E-state index contributed by atoms with van der Waals surface area (Å²) in [7, 11) is 0. The van der Waals surface area contributed by atoms with Crippen molar-refractivity contribution in [2.45, 2.75) is 19.8 Å². The summed E-state index contributed by atoms with van der Waals surface area (Å²) in [6, 6.07) is 14.6. The van der Waals surface area contributed by atoms with Crippen LogP contribution in [0.15, 0.2) is 42.5 Å². The molecule has 0 saturated heterocycles. The van der Waals surface area contributed by atoms with Crippen molar-refractivity contribution in [1.29, 1.82) is 0 Å². The maximum atomic E-state index is 6.15. The third-order valence-electron chi connectivity index (χ3n) is 4.17. The molecule has 0 saturated carbocycles. The minimum atomic E-state index is 0.299. The molecule has 1 aromatic heterocycles. The fraction of sp³-hybridized carbons (Fsp3) is 0.222. The molecule has 0 unspecified atom stereocenters. The van der Waals surface area contributed by atoms with Gasteiger partial charge in [0.2, 0.25) is 5.28 Å². The Bertz CT molecular complexity index is 860. The van der Waals surface area contributed by atoms with E-state index in [1.807, 2.05) is 18.2 Å². The van der Waals surface area contributed by atoms with Crippen LogP contribution in [0.1, 0.15) is 17.5 Å². The van der Waals surface area contributed by atoms with Crippen LogP contribution in [0.3, 0.4) is 0 Å². The quantitative estimate of drug-likeness (QED) is 0.611. The molecule has 110 valence electrons. The lowest BCUT2D eigenvalue weighted by Gasteiger charge is -2.31. The van der Waals surface area contributed by atoms with Crippen LogP contribution in [-0.2, 0) is 6.42 Å². The van der Waals surface area contributed by atoms with E-state index in [0.29, 0.717) is 5.28 Å². The zero-order valence-electron chi connectivity index (χ0n) is 12.4. The van der Waals surface area contributed by atoms with Crippen LogP contribution in [0.4, 0.5) is 11.5 Å². The highest BCUT2D eigenvalue weighted by Crippen LogP contribution is 2.36. The molecule has 4 rings (SSSR count). The molecule has 0 fully saturated rings. The van der Waals surface area contributed by atoms with E-state index in [-0.39, 0.29) is 0 Å². The Morgan fingerprint density at radius 2 is 1.95 bits per heavy atom. The summed E-state index contributed by atoms with van der Waals surface area (Å²) >= 11 is 6.15. The number of aryl methyl sites for hydroxylation is 2. The predicted octanol–water partition coefficient (Wildman–Crippen LogP) is 4.68. The minimum absolute atomic E-state index is 0.299. The highest BCUT2D eigenvalue weighted by Gasteiger charge is 2.21. The van der Waals surface area contributed by atoms with E-state index in [9.17, 15) is 0 Å². The summed E-state index contributed by atoms with van der Waals surface area (Å²) in [4.78, 5) is 11.1. The van der Waals surface area contributed by atoms with Gasteiger partial charge in [-0.15, -0.1) is 0 Å². The number of nitrogens with zero attached hydrogens (tertiary/aromatic N) is 3. The van der Waals surface area contributed by atoms with Crippen molar-refractivity contribution < 1.29 is 0 Å². The molecule has 1 aliphatic rings. The Kier molecular flexibility index (Phi) is 3.23. The molecule has 0 amide bonds. The molecular weight excluding hydrogens is 294 g/mol. The molecule has 2 aromatic carbocycles. The lowest BCUT2D eigenvalue weighted by atomic mass is 9.99. The minimum Gasteiger partial charge on any atom is -0.325 e. The van der Waals surface area contributed by atoms with Gasteiger partial charge in [0.25, 0.3) is 0 Å². The summed E-state index contributed by atoms with van der Waals surface area (Å²) in [5.74, 6) is 0.903. The monoisotopic (exact) mass is 309 g/mol. The van der Waals surface area contributed by atoms with Crippen LogP contribution in [0, 0.1) is 6.92 Å². The molecule has 0 spiro atoms. The lowest BCUT2D eigenvalue weighted by molar-refractivity contribution is 0.760. The number of hydrogen-bond acceptors (Lipinski definition) is 3. The fourth-order valence-corrected chi connectivity index (χ4v) is 3.36. The van der Waals surface area contributed by atoms with Gasteiger partial charge < -0.3 is 4.90 Å². The van der Waals surface area contributed by atoms with Gasteiger partial charge in [-0.25, -0.2) is 4.98 Å². The van der Waals surface area contributed by atoms with Gasteiger partial charge in [0.05, 0.1) is 5.52 Å². The topological polar surface area (TPSA) is 29.0 Å². The number of halogens is 1. The third kappa shape index (κ3) is 2.22. The smallest absolute Gasteiger partial charge is 0.224 e. The molecule has 2 heterocycles. The first-order valence-electron chi connectivity index (χ1n) is 7.52. The van der Waals surface area contributed by atoms with E-state index in [1.165, 1.54) is 16.8 Å². The fourth-order valence-electron chi connectivity index (χ4n) is 3.18. The van der Waals surface area contributed by atoms with Crippen LogP contribution in [-0.4, -0.2) is 16.5 Å². The average Bonchev–Trinajstić information content (AvgIpc) is 2.53. The molecule has 4 heteroatoms. The second-order valence-electron chi connectivity index (χ2n) is 5.72. The molecule has 0 radical (unpaired) electrons. The van der Waals surface area contributed by atoms with Crippen molar-refractivity contribution in [2.24, 2.45) is 0 Å². The molecular formula is C18H16ClN3. The number of aromatic nitrogens is 2. The van der Waals surface area contributed by atoms with Crippen molar-refractivity contribution >= 4 is 34.0 Å². The maximum absolute atomic E-state index is 6.15. The van der Waals surface area contributed by atoms with Gasteiger partial charge in [-0.05, 0) is 55.1 Å². The molecule has 1 aliphatic heterocycles. The van der Waals surface area contributed by atoms with Crippen LogP contribution >= 0.6 is 11.6 Å². The zero-order valence-corrected chi connectivity index (χ0v) is 13.1. The van der Waals surface area contributed by atoms with Gasteiger partial charge in [-0.3, -0.25) is 0 Å². The molecule has 3 nitrogen and oxygen atoms in total. The largest absolute Gasteiger partial charge is 0.325 e. The first kappa shape index (κ1) is 13.5. The molecule has 3 aromatic rings. The highest BCUT2D eigenvalue weighted by molar-refractivity contribution is 6.28. The highest BCUT2D eigenvalue weighted by atomic mass is 35.5. The Hall–Kier alpha value is -2.13. The Balaban J connectivity index is 1.94. The second kappa shape index (κ2) is 5.25. The average molecular weight is 310 g/mol. The van der Waals surface area contributed by atoms with Crippen molar-refractivity contribution in [1.82, 2.24) is 9.97 Å². The van der Waals surface area contributed by atoms with E-state index in [1.54, 1.807) is 0 Å². The molecule has 0 bridgehead atoms. The summed E-state index contributed by atoms with van der Waals surface area (Å²) in [5.41, 5.74) is 4.80. The number of para-hydroxylation sites is 1. The predicted molar refractivity (Wildman–Crippen MR) is 91.1 cm³/mol. The number of fused-ring (bicyclic) bond motifs is 2. The van der Waals surface area contributed by atoms with Crippen LogP contribution in [0.5, 0.6) is 0 Å². The van der Waals surface area contributed by atoms with E-state index < -0.39 is 0 Å². The zero-order chi connectivity index (χ0) is 15.1. The number of hydrogen-bond donors (Lipinski definition) is 0. The standard InChI is InChI=1S/C18H16ClN3/c1-12-8-9-16-13(11-12)5-4-10-22(16)17-14-6-2-3-7-15(14)20-18(19)21-17/h2-3,6-9,11H,4-5,10H2,1H3. The van der Waals surface area contributed by atoms with Crippen molar-refractivity contribution in [3.63, 3.8) is 0 Å². The molecule has 0 atom stereocenters. The van der Waals surface area contributed by atoms with E-state index >= 15 is 0 Å². The van der Waals surface area contributed by atoms with Crippen LogP contribution < -0.4 is 4.90 Å². The molecule has 0 aliphatic carbocycles. The SMILES string of the molecule is Cc1ccc2c(c1)CCCN2c1nc(Cl)nc2ccccc12. The second-order valence-corrected chi connectivity index (χ2v) is 6.06. The Morgan fingerprint density at radius 1 is 1.09 bits per heavy atom. The van der Waals surface area contributed by atoms with Gasteiger partial charge in [0, 0.05) is 17.6 Å². The molecule has 0 N–H and O–H groups in total. The number of anilines is 2. The number of benzene rings is 2. The first-order chi connectivity index (χ1) is 10.7. The summed E-state index contributed by atoms with van der Waals surface area (Å²) in [5, 5.41) is 1.34. The lowest BCUT2D eigenvalue weighted by Crippen LogP contribution is -2.25. The number of rotatable bonds is 1. The van der Waals surface area contributed by atoms with Gasteiger partial charge in [0.1, 0.15) is 5.82 Å². The summed E-state index contributed by atoms with van der Waals surface area (Å²) in [6.07, 6.45) is 2.23. The normalized spacial score (nSPS) is 14.2. The van der Waals surface area contributed by atoms with E-state index in [2.05, 4.69) is 46.1 Å². The van der Waals surface area contributed by atoms with Crippen molar-refractivity contribution in [2.75, 3.05) is 11.4 Å². The summed E-state index contributed by atoms with van der Waals surface area (Å²) in [6.45, 7) is 3.09. The van der Waals surface area contributed by atoms with Gasteiger partial charge in [-0.1, -0.05) is 29.8 Å². The molecule has 22 heavy (non-hydrogen) atoms. The van der Waals surface area contributed by atoms with E-state index in [4.69, 9.17) is 11.6 Å². The maximum Gasteiger partial charge on any atom is 0.224 e. The van der Waals surface area contributed by atoms with Gasteiger partial charge >= 0.3 is 0 Å². The van der Waals surface area contributed by atoms with Crippen LogP contribution in [0.2, 0.25) is 5.28 Å². The third-order valence-corrected chi connectivity index (χ3v) is 4.33. The first-order valence-corrected chi connectivity index (χ1v) is 7.89. The Morgan fingerprint density at radius 3 is 2.86 bits per heavy atom. The Labute approximate surface area is 134 Å². The van der Waals surface area contributed by atoms with Crippen molar-refractivity contribution in [3.05, 3.63) is 58.9 Å².